The normalized spacial score (nSPS) is 13.5. The fourth-order valence-corrected chi connectivity index (χ4v) is 2.73. The van der Waals surface area contributed by atoms with E-state index in [0.29, 0.717) is 18.1 Å². The van der Waals surface area contributed by atoms with Gasteiger partial charge in [0.25, 0.3) is 0 Å². The first-order valence-electron chi connectivity index (χ1n) is 6.89. The van der Waals surface area contributed by atoms with Crippen molar-refractivity contribution in [1.29, 1.82) is 0 Å². The largest absolute Gasteiger partial charge is 0.465 e. The van der Waals surface area contributed by atoms with Crippen LogP contribution < -0.4 is 0 Å². The lowest BCUT2D eigenvalue weighted by Gasteiger charge is -2.28. The molecule has 2 aromatic rings. The molecule has 0 fully saturated rings. The summed E-state index contributed by atoms with van der Waals surface area (Å²) in [5, 5.41) is 0.567. The summed E-state index contributed by atoms with van der Waals surface area (Å²) in [6, 6.07) is 11.2. The van der Waals surface area contributed by atoms with E-state index in [2.05, 4.69) is 4.98 Å². The maximum absolute atomic E-state index is 12.5. The van der Waals surface area contributed by atoms with E-state index in [1.807, 2.05) is 37.3 Å². The maximum atomic E-state index is 12.5. The van der Waals surface area contributed by atoms with Crippen LogP contribution in [0.4, 0.5) is 0 Å². The summed E-state index contributed by atoms with van der Waals surface area (Å²) in [6.45, 7) is 4.00. The number of benzene rings is 1. The third kappa shape index (κ3) is 3.42. The number of carbonyl (C=O) groups is 1. The number of aromatic nitrogens is 1. The molecule has 21 heavy (non-hydrogen) atoms. The molecule has 110 valence electrons. The molecule has 1 aromatic carbocycles. The molecule has 0 aliphatic carbocycles. The highest BCUT2D eigenvalue weighted by molar-refractivity contribution is 6.31. The Morgan fingerprint density at radius 1 is 1.29 bits per heavy atom. The molecule has 1 unspecified atom stereocenters. The predicted octanol–water partition coefficient (Wildman–Crippen LogP) is 3.80. The fourth-order valence-electron chi connectivity index (χ4n) is 2.39. The SMILES string of the molecule is CCOC(=O)C(C)(Cc1cccnc1)c1ccccc1Cl. The minimum absolute atomic E-state index is 0.276. The Bertz CT molecular complexity index is 615. The van der Waals surface area contributed by atoms with Gasteiger partial charge in [-0.3, -0.25) is 9.78 Å². The van der Waals surface area contributed by atoms with Gasteiger partial charge in [-0.1, -0.05) is 35.9 Å². The van der Waals surface area contributed by atoms with E-state index in [1.54, 1.807) is 25.4 Å². The van der Waals surface area contributed by atoms with Crippen molar-refractivity contribution < 1.29 is 9.53 Å². The van der Waals surface area contributed by atoms with E-state index in [1.165, 1.54) is 0 Å². The molecular weight excluding hydrogens is 286 g/mol. The molecule has 0 amide bonds. The van der Waals surface area contributed by atoms with Crippen molar-refractivity contribution >= 4 is 17.6 Å². The molecular formula is C17H18ClNO2. The lowest BCUT2D eigenvalue weighted by Crippen LogP contribution is -2.37. The van der Waals surface area contributed by atoms with Gasteiger partial charge in [0.15, 0.2) is 0 Å². The number of nitrogens with zero attached hydrogens (tertiary/aromatic N) is 1. The first kappa shape index (κ1) is 15.5. The molecule has 0 radical (unpaired) electrons. The summed E-state index contributed by atoms with van der Waals surface area (Å²) in [5.41, 5.74) is 0.902. The number of ether oxygens (including phenoxy) is 1. The number of rotatable bonds is 5. The van der Waals surface area contributed by atoms with Crippen LogP contribution >= 0.6 is 11.6 Å². The van der Waals surface area contributed by atoms with Crippen LogP contribution in [0.25, 0.3) is 0 Å². The van der Waals surface area contributed by atoms with Crippen molar-refractivity contribution in [2.24, 2.45) is 0 Å². The van der Waals surface area contributed by atoms with E-state index in [-0.39, 0.29) is 5.97 Å². The van der Waals surface area contributed by atoms with Crippen molar-refractivity contribution in [1.82, 2.24) is 4.98 Å². The second-order valence-electron chi connectivity index (χ2n) is 5.07. The van der Waals surface area contributed by atoms with Crippen LogP contribution in [0.3, 0.4) is 0 Å². The summed E-state index contributed by atoms with van der Waals surface area (Å²) in [5.74, 6) is -0.276. The van der Waals surface area contributed by atoms with Crippen LogP contribution in [0.2, 0.25) is 5.02 Å². The average molecular weight is 304 g/mol. The summed E-state index contributed by atoms with van der Waals surface area (Å²) in [6.07, 6.45) is 3.96. The average Bonchev–Trinajstić information content (AvgIpc) is 2.48. The lowest BCUT2D eigenvalue weighted by molar-refractivity contribution is -0.149. The molecule has 0 N–H and O–H groups in total. The molecule has 1 atom stereocenters. The topological polar surface area (TPSA) is 39.2 Å². The van der Waals surface area contributed by atoms with Crippen molar-refractivity contribution in [3.05, 3.63) is 64.9 Å². The van der Waals surface area contributed by atoms with Gasteiger partial charge in [-0.05, 0) is 43.5 Å². The Morgan fingerprint density at radius 3 is 2.67 bits per heavy atom. The van der Waals surface area contributed by atoms with Crippen molar-refractivity contribution in [3.8, 4) is 0 Å². The van der Waals surface area contributed by atoms with E-state index in [0.717, 1.165) is 11.1 Å². The Labute approximate surface area is 129 Å². The summed E-state index contributed by atoms with van der Waals surface area (Å²) in [7, 11) is 0. The zero-order valence-electron chi connectivity index (χ0n) is 12.2. The number of esters is 1. The van der Waals surface area contributed by atoms with Crippen LogP contribution in [-0.4, -0.2) is 17.6 Å². The molecule has 0 saturated carbocycles. The third-order valence-corrected chi connectivity index (χ3v) is 3.80. The van der Waals surface area contributed by atoms with Crippen LogP contribution in [0.5, 0.6) is 0 Å². The number of pyridine rings is 1. The fraction of sp³-hybridized carbons (Fsp3) is 0.294. The standard InChI is InChI=1S/C17H18ClNO2/c1-3-21-16(20)17(2,11-13-7-6-10-19-12-13)14-8-4-5-9-15(14)18/h4-10,12H,3,11H2,1-2H3. The van der Waals surface area contributed by atoms with Gasteiger partial charge in [0, 0.05) is 17.4 Å². The zero-order valence-corrected chi connectivity index (χ0v) is 12.9. The van der Waals surface area contributed by atoms with Crippen LogP contribution in [-0.2, 0) is 21.4 Å². The van der Waals surface area contributed by atoms with Crippen molar-refractivity contribution in [3.63, 3.8) is 0 Å². The van der Waals surface area contributed by atoms with E-state index >= 15 is 0 Å². The van der Waals surface area contributed by atoms with Gasteiger partial charge in [0.2, 0.25) is 0 Å². The molecule has 4 heteroatoms. The van der Waals surface area contributed by atoms with E-state index in [4.69, 9.17) is 16.3 Å². The summed E-state index contributed by atoms with van der Waals surface area (Å²) in [4.78, 5) is 16.6. The Hall–Kier alpha value is -1.87. The summed E-state index contributed by atoms with van der Waals surface area (Å²) < 4.78 is 5.27. The highest BCUT2D eigenvalue weighted by Crippen LogP contribution is 2.34. The maximum Gasteiger partial charge on any atom is 0.316 e. The van der Waals surface area contributed by atoms with Crippen LogP contribution in [0, 0.1) is 0 Å². The third-order valence-electron chi connectivity index (χ3n) is 3.47. The van der Waals surface area contributed by atoms with Crippen molar-refractivity contribution in [2.75, 3.05) is 6.61 Å². The Balaban J connectivity index is 2.44. The van der Waals surface area contributed by atoms with Gasteiger partial charge in [-0.2, -0.15) is 0 Å². The second-order valence-corrected chi connectivity index (χ2v) is 5.48. The minimum atomic E-state index is -0.836. The molecule has 3 nitrogen and oxygen atoms in total. The molecule has 2 rings (SSSR count). The van der Waals surface area contributed by atoms with Gasteiger partial charge < -0.3 is 4.74 Å². The highest BCUT2D eigenvalue weighted by Gasteiger charge is 2.38. The smallest absolute Gasteiger partial charge is 0.316 e. The zero-order chi connectivity index (χ0) is 15.3. The second kappa shape index (κ2) is 6.72. The first-order chi connectivity index (χ1) is 10.1. The quantitative estimate of drug-likeness (QED) is 0.789. The molecule has 0 saturated heterocycles. The molecule has 0 aliphatic rings. The van der Waals surface area contributed by atoms with Crippen molar-refractivity contribution in [2.45, 2.75) is 25.7 Å². The van der Waals surface area contributed by atoms with Gasteiger partial charge in [0.1, 0.15) is 0 Å². The van der Waals surface area contributed by atoms with Gasteiger partial charge >= 0.3 is 5.97 Å². The molecule has 1 heterocycles. The molecule has 1 aromatic heterocycles. The molecule has 0 bridgehead atoms. The number of hydrogen-bond acceptors (Lipinski definition) is 3. The van der Waals surface area contributed by atoms with Gasteiger partial charge in [-0.25, -0.2) is 0 Å². The summed E-state index contributed by atoms with van der Waals surface area (Å²) >= 11 is 6.30. The predicted molar refractivity (Wildman–Crippen MR) is 83.4 cm³/mol. The van der Waals surface area contributed by atoms with E-state index in [9.17, 15) is 4.79 Å². The molecule has 0 aliphatic heterocycles. The Morgan fingerprint density at radius 2 is 2.05 bits per heavy atom. The first-order valence-corrected chi connectivity index (χ1v) is 7.27. The number of carbonyl (C=O) groups excluding carboxylic acids is 1. The Kier molecular flexibility index (Phi) is 4.97. The van der Waals surface area contributed by atoms with E-state index < -0.39 is 5.41 Å². The lowest BCUT2D eigenvalue weighted by atomic mass is 9.77. The van der Waals surface area contributed by atoms with Gasteiger partial charge in [-0.15, -0.1) is 0 Å². The van der Waals surface area contributed by atoms with Crippen LogP contribution in [0.15, 0.2) is 48.8 Å². The molecule has 0 spiro atoms. The van der Waals surface area contributed by atoms with Crippen LogP contribution in [0.1, 0.15) is 25.0 Å². The minimum Gasteiger partial charge on any atom is -0.465 e. The van der Waals surface area contributed by atoms with Gasteiger partial charge in [0.05, 0.1) is 12.0 Å². The monoisotopic (exact) mass is 303 g/mol. The number of hydrogen-bond donors (Lipinski definition) is 0. The number of halogens is 1. The highest BCUT2D eigenvalue weighted by atomic mass is 35.5.